The predicted octanol–water partition coefficient (Wildman–Crippen LogP) is 6.23. The zero-order valence-corrected chi connectivity index (χ0v) is 23.0. The third kappa shape index (κ3) is 6.11. The van der Waals surface area contributed by atoms with Gasteiger partial charge in [0.05, 0.1) is 10.5 Å². The summed E-state index contributed by atoms with van der Waals surface area (Å²) in [5, 5.41) is 11.6. The SMILES string of the molecule is CCC(Cc1ccccc1)c1cc(O)c(C(c2ccccc2)C2CC2NS(=O)(=O)c2ccc(Cl)cc2)c(=O)o1. The molecule has 4 aromatic rings. The summed E-state index contributed by atoms with van der Waals surface area (Å²) in [7, 11) is -3.79. The number of hydrogen-bond donors (Lipinski definition) is 2. The molecule has 0 aliphatic heterocycles. The molecule has 1 heterocycles. The first-order chi connectivity index (χ1) is 18.8. The maximum absolute atomic E-state index is 13.4. The molecule has 0 amide bonds. The molecule has 3 aromatic carbocycles. The van der Waals surface area contributed by atoms with Gasteiger partial charge in [-0.15, -0.1) is 0 Å². The molecule has 0 radical (unpaired) electrons. The van der Waals surface area contributed by atoms with Crippen LogP contribution in [0.5, 0.6) is 5.75 Å². The van der Waals surface area contributed by atoms with Gasteiger partial charge in [0, 0.05) is 29.0 Å². The van der Waals surface area contributed by atoms with E-state index in [0.717, 1.165) is 17.5 Å². The Morgan fingerprint density at radius 2 is 1.64 bits per heavy atom. The summed E-state index contributed by atoms with van der Waals surface area (Å²) >= 11 is 5.91. The first-order valence-electron chi connectivity index (χ1n) is 13.0. The summed E-state index contributed by atoms with van der Waals surface area (Å²) < 4.78 is 34.6. The molecular formula is C31H30ClNO5S. The van der Waals surface area contributed by atoms with Crippen molar-refractivity contribution in [2.75, 3.05) is 0 Å². The summed E-state index contributed by atoms with van der Waals surface area (Å²) in [6, 6.07) is 26.4. The number of aromatic hydroxyl groups is 1. The fourth-order valence-corrected chi connectivity index (χ4v) is 6.65. The standard InChI is InChI=1S/C31H30ClNO5S/c1-2-21(17-20-9-5-3-6-10-20)28-19-27(34)30(31(35)38-28)29(22-11-7-4-8-12-22)25-18-26(25)33-39(36,37)24-15-13-23(32)14-16-24/h3-16,19,21,25-26,29,33-34H,2,17-18H2,1H3. The van der Waals surface area contributed by atoms with E-state index < -0.39 is 27.6 Å². The molecule has 1 fully saturated rings. The highest BCUT2D eigenvalue weighted by atomic mass is 35.5. The number of rotatable bonds is 10. The zero-order valence-electron chi connectivity index (χ0n) is 21.5. The lowest BCUT2D eigenvalue weighted by Gasteiger charge is -2.20. The Bertz CT molecular complexity index is 1590. The van der Waals surface area contributed by atoms with Crippen LogP contribution in [0.2, 0.25) is 5.02 Å². The minimum absolute atomic E-state index is 0.0740. The van der Waals surface area contributed by atoms with Gasteiger partial charge in [-0.2, -0.15) is 0 Å². The molecular weight excluding hydrogens is 534 g/mol. The normalized spacial score (nSPS) is 18.4. The van der Waals surface area contributed by atoms with Crippen LogP contribution in [0.4, 0.5) is 0 Å². The Labute approximate surface area is 233 Å². The Morgan fingerprint density at radius 1 is 1.00 bits per heavy atom. The van der Waals surface area contributed by atoms with Crippen molar-refractivity contribution >= 4 is 21.6 Å². The van der Waals surface area contributed by atoms with Crippen LogP contribution in [-0.4, -0.2) is 19.6 Å². The summed E-state index contributed by atoms with van der Waals surface area (Å²) in [5.41, 5.74) is 1.48. The highest BCUT2D eigenvalue weighted by Crippen LogP contribution is 2.48. The van der Waals surface area contributed by atoms with Crippen molar-refractivity contribution < 1.29 is 17.9 Å². The molecule has 39 heavy (non-hydrogen) atoms. The molecule has 0 bridgehead atoms. The van der Waals surface area contributed by atoms with Crippen LogP contribution in [0.15, 0.2) is 105 Å². The van der Waals surface area contributed by atoms with Crippen LogP contribution in [0.1, 0.15) is 54.1 Å². The van der Waals surface area contributed by atoms with E-state index in [1.54, 1.807) is 6.07 Å². The van der Waals surface area contributed by atoms with Crippen molar-refractivity contribution in [2.45, 2.75) is 49.0 Å². The van der Waals surface area contributed by atoms with Crippen LogP contribution in [-0.2, 0) is 16.4 Å². The zero-order chi connectivity index (χ0) is 27.6. The maximum atomic E-state index is 13.4. The maximum Gasteiger partial charge on any atom is 0.343 e. The highest BCUT2D eigenvalue weighted by Gasteiger charge is 2.48. The van der Waals surface area contributed by atoms with Crippen molar-refractivity contribution in [1.29, 1.82) is 0 Å². The minimum atomic E-state index is -3.79. The summed E-state index contributed by atoms with van der Waals surface area (Å²) in [6.07, 6.45) is 1.92. The van der Waals surface area contributed by atoms with Crippen LogP contribution in [0, 0.1) is 5.92 Å². The van der Waals surface area contributed by atoms with Gasteiger partial charge in [-0.25, -0.2) is 17.9 Å². The van der Waals surface area contributed by atoms with Crippen molar-refractivity contribution in [3.63, 3.8) is 0 Å². The van der Waals surface area contributed by atoms with Gasteiger partial charge < -0.3 is 9.52 Å². The number of nitrogens with one attached hydrogen (secondary N) is 1. The molecule has 1 aromatic heterocycles. The van der Waals surface area contributed by atoms with Gasteiger partial charge in [0.2, 0.25) is 10.0 Å². The topological polar surface area (TPSA) is 96.6 Å². The van der Waals surface area contributed by atoms with E-state index in [0.29, 0.717) is 23.6 Å². The lowest BCUT2D eigenvalue weighted by Crippen LogP contribution is -2.29. The quantitative estimate of drug-likeness (QED) is 0.238. The molecule has 1 aliphatic carbocycles. The fourth-order valence-electron chi connectivity index (χ4n) is 5.23. The molecule has 1 aliphatic rings. The minimum Gasteiger partial charge on any atom is -0.507 e. The summed E-state index contributed by atoms with van der Waals surface area (Å²) in [4.78, 5) is 13.6. The third-order valence-electron chi connectivity index (χ3n) is 7.37. The molecule has 4 atom stereocenters. The highest BCUT2D eigenvalue weighted by molar-refractivity contribution is 7.89. The Morgan fingerprint density at radius 3 is 2.26 bits per heavy atom. The van der Waals surface area contributed by atoms with E-state index >= 15 is 0 Å². The largest absolute Gasteiger partial charge is 0.507 e. The molecule has 5 rings (SSSR count). The van der Waals surface area contributed by atoms with Crippen molar-refractivity contribution in [2.24, 2.45) is 5.92 Å². The van der Waals surface area contributed by atoms with Gasteiger partial charge in [0.15, 0.2) is 0 Å². The van der Waals surface area contributed by atoms with E-state index in [2.05, 4.69) is 4.72 Å². The van der Waals surface area contributed by atoms with E-state index in [1.807, 2.05) is 67.6 Å². The van der Waals surface area contributed by atoms with Crippen LogP contribution in [0.3, 0.4) is 0 Å². The average Bonchev–Trinajstić information content (AvgIpc) is 3.68. The lowest BCUT2D eigenvalue weighted by atomic mass is 9.86. The average molecular weight is 564 g/mol. The second-order valence-electron chi connectivity index (χ2n) is 10.00. The molecule has 8 heteroatoms. The van der Waals surface area contributed by atoms with Gasteiger partial charge in [0.25, 0.3) is 0 Å². The molecule has 6 nitrogen and oxygen atoms in total. The summed E-state index contributed by atoms with van der Waals surface area (Å²) in [5.74, 6) is -0.540. The van der Waals surface area contributed by atoms with Crippen LogP contribution in [0.25, 0.3) is 0 Å². The summed E-state index contributed by atoms with van der Waals surface area (Å²) in [6.45, 7) is 2.02. The first kappa shape index (κ1) is 27.2. The van der Waals surface area contributed by atoms with Crippen LogP contribution < -0.4 is 10.3 Å². The number of hydrogen-bond acceptors (Lipinski definition) is 5. The predicted molar refractivity (Wildman–Crippen MR) is 152 cm³/mol. The van der Waals surface area contributed by atoms with Crippen molar-refractivity contribution in [3.05, 3.63) is 129 Å². The van der Waals surface area contributed by atoms with Gasteiger partial charge >= 0.3 is 5.63 Å². The van der Waals surface area contributed by atoms with Gasteiger partial charge in [-0.3, -0.25) is 0 Å². The van der Waals surface area contributed by atoms with Gasteiger partial charge in [-0.1, -0.05) is 79.2 Å². The smallest absolute Gasteiger partial charge is 0.343 e. The fraction of sp³-hybridized carbons (Fsp3) is 0.258. The Kier molecular flexibility index (Phi) is 7.93. The van der Waals surface area contributed by atoms with Gasteiger partial charge in [-0.05, 0) is 60.6 Å². The first-order valence-corrected chi connectivity index (χ1v) is 14.9. The third-order valence-corrected chi connectivity index (χ3v) is 9.13. The van der Waals surface area contributed by atoms with Crippen molar-refractivity contribution in [3.8, 4) is 5.75 Å². The lowest BCUT2D eigenvalue weighted by molar-refractivity contribution is 0.379. The van der Waals surface area contributed by atoms with E-state index in [4.69, 9.17) is 16.0 Å². The van der Waals surface area contributed by atoms with Crippen LogP contribution >= 0.6 is 11.6 Å². The Hall–Kier alpha value is -3.39. The monoisotopic (exact) mass is 563 g/mol. The molecule has 0 spiro atoms. The molecule has 2 N–H and O–H groups in total. The second-order valence-corrected chi connectivity index (χ2v) is 12.2. The van der Waals surface area contributed by atoms with Gasteiger partial charge in [0.1, 0.15) is 11.5 Å². The molecule has 4 unspecified atom stereocenters. The number of benzene rings is 3. The molecule has 202 valence electrons. The van der Waals surface area contributed by atoms with Crippen molar-refractivity contribution in [1.82, 2.24) is 4.72 Å². The number of halogens is 1. The second kappa shape index (κ2) is 11.4. The Balaban J connectivity index is 1.45. The molecule has 0 saturated heterocycles. The van der Waals surface area contributed by atoms with E-state index in [1.165, 1.54) is 24.3 Å². The van der Waals surface area contributed by atoms with E-state index in [9.17, 15) is 18.3 Å². The number of sulfonamides is 1. The molecule has 1 saturated carbocycles. The van der Waals surface area contributed by atoms with E-state index in [-0.39, 0.29) is 28.0 Å².